The zero-order valence-corrected chi connectivity index (χ0v) is 16.1. The number of nitrogens with one attached hydrogen (secondary N) is 1. The quantitative estimate of drug-likeness (QED) is 0.617. The van der Waals surface area contributed by atoms with E-state index in [1.807, 2.05) is 0 Å². The van der Waals surface area contributed by atoms with Gasteiger partial charge in [0, 0.05) is 42.4 Å². The second-order valence-corrected chi connectivity index (χ2v) is 6.23. The summed E-state index contributed by atoms with van der Waals surface area (Å²) < 4.78 is 6.35. The Morgan fingerprint density at radius 3 is 2.62 bits per heavy atom. The summed E-state index contributed by atoms with van der Waals surface area (Å²) in [6.45, 7) is 1.23. The van der Waals surface area contributed by atoms with E-state index in [1.165, 1.54) is 23.2 Å². The van der Waals surface area contributed by atoms with E-state index in [4.69, 9.17) is 4.74 Å². The van der Waals surface area contributed by atoms with Crippen molar-refractivity contribution in [3.05, 3.63) is 64.5 Å². The summed E-state index contributed by atoms with van der Waals surface area (Å²) in [7, 11) is 1.56. The zero-order valence-electron chi connectivity index (χ0n) is 16.1. The maximum absolute atomic E-state index is 13.0. The lowest BCUT2D eigenvalue weighted by Crippen LogP contribution is -2.33. The Kier molecular flexibility index (Phi) is 6.30. The minimum Gasteiger partial charge on any atom is -0.497 e. The van der Waals surface area contributed by atoms with Crippen molar-refractivity contribution >= 4 is 11.6 Å². The number of aromatic nitrogens is 4. The lowest BCUT2D eigenvalue weighted by Gasteiger charge is -2.15. The molecule has 0 aliphatic carbocycles. The number of nitrogens with zero attached hydrogens (tertiary/aromatic N) is 4. The lowest BCUT2D eigenvalue weighted by atomic mass is 10.1. The van der Waals surface area contributed by atoms with Gasteiger partial charge in [0.2, 0.25) is 5.91 Å². The first-order valence-electron chi connectivity index (χ1n) is 8.95. The molecule has 0 atom stereocenters. The Morgan fingerprint density at radius 2 is 2.00 bits per heavy atom. The van der Waals surface area contributed by atoms with Crippen LogP contribution >= 0.6 is 0 Å². The summed E-state index contributed by atoms with van der Waals surface area (Å²) in [5.41, 5.74) is 1.40. The number of hydrogen-bond acceptors (Lipinski definition) is 7. The van der Waals surface area contributed by atoms with Crippen molar-refractivity contribution in [1.82, 2.24) is 19.5 Å². The predicted molar refractivity (Wildman–Crippen MR) is 107 cm³/mol. The topological polar surface area (TPSA) is 119 Å². The highest BCUT2D eigenvalue weighted by Gasteiger charge is 2.18. The maximum Gasteiger partial charge on any atom is 0.257 e. The molecule has 150 valence electrons. The Balaban J connectivity index is 1.96. The van der Waals surface area contributed by atoms with Gasteiger partial charge in [0.15, 0.2) is 5.82 Å². The molecule has 0 aliphatic heterocycles. The normalized spacial score (nSPS) is 10.6. The number of rotatable bonds is 7. The predicted octanol–water partition coefficient (Wildman–Crippen LogP) is 1.19. The van der Waals surface area contributed by atoms with E-state index in [1.54, 1.807) is 38.3 Å². The van der Waals surface area contributed by atoms with E-state index in [0.29, 0.717) is 28.4 Å². The number of aliphatic hydroxyl groups excluding tert-OH is 1. The van der Waals surface area contributed by atoms with E-state index in [-0.39, 0.29) is 25.4 Å². The molecule has 0 spiro atoms. The Bertz CT molecular complexity index is 1050. The van der Waals surface area contributed by atoms with Gasteiger partial charge in [-0.15, -0.1) is 0 Å². The number of aliphatic hydroxyl groups is 1. The van der Waals surface area contributed by atoms with E-state index in [0.717, 1.165) is 0 Å². The van der Waals surface area contributed by atoms with E-state index in [9.17, 15) is 14.7 Å². The SMILES string of the molecule is COc1ccc(NC(=O)Cn2c(-c3cnccn3)nc(C)c(CCO)c2=O)cc1. The lowest BCUT2D eigenvalue weighted by molar-refractivity contribution is -0.116. The number of amides is 1. The van der Waals surface area contributed by atoms with E-state index in [2.05, 4.69) is 20.3 Å². The van der Waals surface area contributed by atoms with Gasteiger partial charge < -0.3 is 15.2 Å². The third-order valence-corrected chi connectivity index (χ3v) is 4.30. The molecule has 3 rings (SSSR count). The van der Waals surface area contributed by atoms with Crippen molar-refractivity contribution in [2.75, 3.05) is 19.0 Å². The van der Waals surface area contributed by atoms with Gasteiger partial charge in [-0.3, -0.25) is 19.1 Å². The number of hydrogen-bond donors (Lipinski definition) is 2. The highest BCUT2D eigenvalue weighted by molar-refractivity contribution is 5.90. The van der Waals surface area contributed by atoms with Crippen LogP contribution < -0.4 is 15.6 Å². The minimum absolute atomic E-state index is 0.151. The number of methoxy groups -OCH3 is 1. The molecule has 0 unspecified atom stereocenters. The molecule has 0 saturated heterocycles. The summed E-state index contributed by atoms with van der Waals surface area (Å²) in [6.07, 6.45) is 4.62. The van der Waals surface area contributed by atoms with E-state index < -0.39 is 11.5 Å². The van der Waals surface area contributed by atoms with Gasteiger partial charge in [-0.2, -0.15) is 0 Å². The fourth-order valence-corrected chi connectivity index (χ4v) is 2.88. The molecular formula is C20H21N5O4. The van der Waals surface area contributed by atoms with Crippen LogP contribution in [0.25, 0.3) is 11.5 Å². The van der Waals surface area contributed by atoms with Crippen molar-refractivity contribution in [3.63, 3.8) is 0 Å². The van der Waals surface area contributed by atoms with Crippen LogP contribution in [0.4, 0.5) is 5.69 Å². The van der Waals surface area contributed by atoms with Gasteiger partial charge in [0.1, 0.15) is 18.0 Å². The Hall–Kier alpha value is -3.59. The monoisotopic (exact) mass is 395 g/mol. The fraction of sp³-hybridized carbons (Fsp3) is 0.250. The molecular weight excluding hydrogens is 374 g/mol. The molecule has 0 saturated carbocycles. The van der Waals surface area contributed by atoms with Gasteiger partial charge in [-0.1, -0.05) is 0 Å². The number of aryl methyl sites for hydroxylation is 1. The summed E-state index contributed by atoms with van der Waals surface area (Å²) in [6, 6.07) is 6.85. The molecule has 2 N–H and O–H groups in total. The molecule has 0 aliphatic rings. The number of carbonyl (C=O) groups excluding carboxylic acids is 1. The largest absolute Gasteiger partial charge is 0.497 e. The molecule has 0 bridgehead atoms. The van der Waals surface area contributed by atoms with Gasteiger partial charge in [-0.05, 0) is 31.2 Å². The van der Waals surface area contributed by atoms with Crippen LogP contribution in [0.15, 0.2) is 47.7 Å². The van der Waals surface area contributed by atoms with Crippen LogP contribution in [-0.4, -0.2) is 44.2 Å². The first-order valence-corrected chi connectivity index (χ1v) is 8.95. The molecule has 1 amide bonds. The minimum atomic E-state index is -0.400. The van der Waals surface area contributed by atoms with Crippen LogP contribution in [0, 0.1) is 6.92 Å². The summed E-state index contributed by atoms with van der Waals surface area (Å²) in [4.78, 5) is 38.3. The van der Waals surface area contributed by atoms with E-state index >= 15 is 0 Å². The Labute approximate surface area is 167 Å². The van der Waals surface area contributed by atoms with Crippen LogP contribution in [0.2, 0.25) is 0 Å². The molecule has 9 nitrogen and oxygen atoms in total. The average Bonchev–Trinajstić information content (AvgIpc) is 2.74. The van der Waals surface area contributed by atoms with Crippen molar-refractivity contribution in [2.24, 2.45) is 0 Å². The number of ether oxygens (including phenoxy) is 1. The third kappa shape index (κ3) is 4.64. The van der Waals surface area contributed by atoms with Crippen molar-refractivity contribution in [3.8, 4) is 17.3 Å². The molecule has 29 heavy (non-hydrogen) atoms. The molecule has 1 aromatic carbocycles. The smallest absolute Gasteiger partial charge is 0.257 e. The van der Waals surface area contributed by atoms with Crippen molar-refractivity contribution in [2.45, 2.75) is 19.9 Å². The summed E-state index contributed by atoms with van der Waals surface area (Å²) in [5, 5.41) is 12.0. The van der Waals surface area contributed by atoms with Gasteiger partial charge >= 0.3 is 0 Å². The van der Waals surface area contributed by atoms with Crippen molar-refractivity contribution < 1.29 is 14.6 Å². The maximum atomic E-state index is 13.0. The number of carbonyl (C=O) groups is 1. The molecule has 2 heterocycles. The standard InChI is InChI=1S/C20H21N5O4/c1-13-16(7-10-26)20(28)25(19(23-13)17-11-21-8-9-22-17)12-18(27)24-14-3-5-15(29-2)6-4-14/h3-6,8-9,11,26H,7,10,12H2,1-2H3,(H,24,27). The van der Waals surface area contributed by atoms with Crippen LogP contribution in [0.1, 0.15) is 11.3 Å². The second-order valence-electron chi connectivity index (χ2n) is 6.23. The fourth-order valence-electron chi connectivity index (χ4n) is 2.88. The summed E-state index contributed by atoms with van der Waals surface area (Å²) in [5.74, 6) is 0.510. The highest BCUT2D eigenvalue weighted by Crippen LogP contribution is 2.16. The van der Waals surface area contributed by atoms with Gasteiger partial charge in [0.25, 0.3) is 5.56 Å². The van der Waals surface area contributed by atoms with Gasteiger partial charge in [0.05, 0.1) is 13.3 Å². The number of benzene rings is 1. The van der Waals surface area contributed by atoms with Crippen LogP contribution in [0.3, 0.4) is 0 Å². The second kappa shape index (κ2) is 9.07. The first kappa shape index (κ1) is 20.2. The summed E-state index contributed by atoms with van der Waals surface area (Å²) >= 11 is 0. The van der Waals surface area contributed by atoms with Gasteiger partial charge in [-0.25, -0.2) is 9.97 Å². The highest BCUT2D eigenvalue weighted by atomic mass is 16.5. The third-order valence-electron chi connectivity index (χ3n) is 4.30. The average molecular weight is 395 g/mol. The zero-order chi connectivity index (χ0) is 20.8. The Morgan fingerprint density at radius 1 is 1.24 bits per heavy atom. The van der Waals surface area contributed by atoms with Crippen molar-refractivity contribution in [1.29, 1.82) is 0 Å². The first-order chi connectivity index (χ1) is 14.0. The van der Waals surface area contributed by atoms with Crippen LogP contribution in [-0.2, 0) is 17.8 Å². The molecule has 0 fully saturated rings. The molecule has 2 aromatic heterocycles. The van der Waals surface area contributed by atoms with Crippen LogP contribution in [0.5, 0.6) is 5.75 Å². The molecule has 3 aromatic rings. The number of anilines is 1. The molecule has 0 radical (unpaired) electrons. The molecule has 9 heteroatoms.